The number of hydrogen-bond acceptors (Lipinski definition) is 2. The third-order valence-electron chi connectivity index (χ3n) is 4.69. The van der Waals surface area contributed by atoms with E-state index in [4.69, 9.17) is 5.73 Å². The van der Waals surface area contributed by atoms with Crippen LogP contribution < -0.4 is 11.1 Å². The molecule has 3 N–H and O–H groups in total. The van der Waals surface area contributed by atoms with E-state index in [9.17, 15) is 4.79 Å². The number of carbonyl (C=O) groups excluding carboxylic acids is 1. The number of rotatable bonds is 4. The van der Waals surface area contributed by atoms with Gasteiger partial charge in [-0.25, -0.2) is 0 Å². The van der Waals surface area contributed by atoms with Crippen molar-refractivity contribution in [1.29, 1.82) is 0 Å². The van der Waals surface area contributed by atoms with Gasteiger partial charge in [-0.2, -0.15) is 0 Å². The summed E-state index contributed by atoms with van der Waals surface area (Å²) in [7, 11) is 0. The van der Waals surface area contributed by atoms with Crippen molar-refractivity contribution in [2.24, 2.45) is 11.1 Å². The number of benzene rings is 1. The molecule has 3 nitrogen and oxygen atoms in total. The molecule has 110 valence electrons. The molecule has 0 saturated heterocycles. The second-order valence-corrected chi connectivity index (χ2v) is 6.10. The second-order valence-electron chi connectivity index (χ2n) is 6.10. The molecule has 3 heteroatoms. The Balaban J connectivity index is 2.08. The Morgan fingerprint density at radius 3 is 2.55 bits per heavy atom. The standard InChI is InChI=1S/C17H26N2O/c1-13-8-4-5-9-15(13)14(2)19-16(20)17(12-18)10-6-3-7-11-17/h4-5,8-9,14H,3,6-7,10-12,18H2,1-2H3,(H,19,20)/t14-/m1/s1. The zero-order valence-corrected chi connectivity index (χ0v) is 12.6. The van der Waals surface area contributed by atoms with Crippen LogP contribution in [0.2, 0.25) is 0 Å². The van der Waals surface area contributed by atoms with E-state index in [0.717, 1.165) is 25.7 Å². The first kappa shape index (κ1) is 15.0. The average Bonchev–Trinajstić information content (AvgIpc) is 2.48. The van der Waals surface area contributed by atoms with E-state index >= 15 is 0 Å². The van der Waals surface area contributed by atoms with Crippen molar-refractivity contribution in [3.8, 4) is 0 Å². The Hall–Kier alpha value is -1.35. The van der Waals surface area contributed by atoms with Crippen LogP contribution in [0.4, 0.5) is 0 Å². The van der Waals surface area contributed by atoms with Crippen molar-refractivity contribution in [3.05, 3.63) is 35.4 Å². The zero-order chi connectivity index (χ0) is 14.6. The maximum Gasteiger partial charge on any atom is 0.227 e. The van der Waals surface area contributed by atoms with Crippen LogP contribution in [0, 0.1) is 12.3 Å². The summed E-state index contributed by atoms with van der Waals surface area (Å²) in [6.45, 7) is 4.59. The van der Waals surface area contributed by atoms with Gasteiger partial charge >= 0.3 is 0 Å². The lowest BCUT2D eigenvalue weighted by molar-refractivity contribution is -0.133. The largest absolute Gasteiger partial charge is 0.349 e. The number of amides is 1. The molecule has 0 unspecified atom stereocenters. The highest BCUT2D eigenvalue weighted by molar-refractivity contribution is 5.83. The molecule has 1 saturated carbocycles. The van der Waals surface area contributed by atoms with Crippen LogP contribution in [0.3, 0.4) is 0 Å². The van der Waals surface area contributed by atoms with Crippen LogP contribution in [0.25, 0.3) is 0 Å². The Morgan fingerprint density at radius 1 is 1.30 bits per heavy atom. The minimum absolute atomic E-state index is 0.0362. The first-order chi connectivity index (χ1) is 9.59. The molecule has 1 aliphatic rings. The summed E-state index contributed by atoms with van der Waals surface area (Å²) < 4.78 is 0. The molecule has 0 heterocycles. The molecular weight excluding hydrogens is 248 g/mol. The Morgan fingerprint density at radius 2 is 1.95 bits per heavy atom. The van der Waals surface area contributed by atoms with Crippen LogP contribution in [-0.2, 0) is 4.79 Å². The van der Waals surface area contributed by atoms with Crippen LogP contribution in [-0.4, -0.2) is 12.5 Å². The smallest absolute Gasteiger partial charge is 0.227 e. The third kappa shape index (κ3) is 3.04. The number of nitrogens with two attached hydrogens (primary N) is 1. The molecule has 1 aliphatic carbocycles. The summed E-state index contributed by atoms with van der Waals surface area (Å²) in [5, 5.41) is 3.18. The predicted octanol–water partition coefficient (Wildman–Crippen LogP) is 3.08. The minimum atomic E-state index is -0.338. The monoisotopic (exact) mass is 274 g/mol. The molecule has 1 aromatic rings. The summed E-state index contributed by atoms with van der Waals surface area (Å²) >= 11 is 0. The highest BCUT2D eigenvalue weighted by atomic mass is 16.2. The summed E-state index contributed by atoms with van der Waals surface area (Å²) in [4.78, 5) is 12.7. The molecule has 0 aromatic heterocycles. The summed E-state index contributed by atoms with van der Waals surface area (Å²) in [6, 6.07) is 8.24. The van der Waals surface area contributed by atoms with E-state index in [2.05, 4.69) is 24.4 Å². The van der Waals surface area contributed by atoms with E-state index in [1.54, 1.807) is 0 Å². The van der Waals surface area contributed by atoms with Crippen molar-refractivity contribution in [2.45, 2.75) is 52.0 Å². The first-order valence-electron chi connectivity index (χ1n) is 7.66. The Bertz CT molecular complexity index is 464. The van der Waals surface area contributed by atoms with Gasteiger partial charge in [0.15, 0.2) is 0 Å². The minimum Gasteiger partial charge on any atom is -0.349 e. The van der Waals surface area contributed by atoms with Crippen LogP contribution in [0.15, 0.2) is 24.3 Å². The van der Waals surface area contributed by atoms with Gasteiger partial charge in [-0.3, -0.25) is 4.79 Å². The van der Waals surface area contributed by atoms with Gasteiger partial charge in [0.1, 0.15) is 0 Å². The number of nitrogens with one attached hydrogen (secondary N) is 1. The van der Waals surface area contributed by atoms with Crippen LogP contribution in [0.5, 0.6) is 0 Å². The van der Waals surface area contributed by atoms with Crippen molar-refractivity contribution < 1.29 is 4.79 Å². The van der Waals surface area contributed by atoms with E-state index in [0.29, 0.717) is 6.54 Å². The maximum absolute atomic E-state index is 12.7. The molecule has 0 spiro atoms. The molecule has 20 heavy (non-hydrogen) atoms. The Kier molecular flexibility index (Phi) is 4.81. The second kappa shape index (κ2) is 6.40. The van der Waals surface area contributed by atoms with Gasteiger partial charge in [0, 0.05) is 6.54 Å². The molecule has 0 aliphatic heterocycles. The van der Waals surface area contributed by atoms with E-state index in [1.165, 1.54) is 17.5 Å². The van der Waals surface area contributed by atoms with Gasteiger partial charge in [0.05, 0.1) is 11.5 Å². The molecule has 1 aromatic carbocycles. The highest BCUT2D eigenvalue weighted by Gasteiger charge is 2.38. The van der Waals surface area contributed by atoms with E-state index in [-0.39, 0.29) is 17.4 Å². The Labute approximate surface area is 121 Å². The number of hydrogen-bond donors (Lipinski definition) is 2. The predicted molar refractivity (Wildman–Crippen MR) is 82.3 cm³/mol. The zero-order valence-electron chi connectivity index (χ0n) is 12.6. The molecule has 2 rings (SSSR count). The number of carbonyl (C=O) groups is 1. The lowest BCUT2D eigenvalue weighted by atomic mass is 9.73. The van der Waals surface area contributed by atoms with Gasteiger partial charge in [-0.05, 0) is 37.8 Å². The van der Waals surface area contributed by atoms with E-state index < -0.39 is 0 Å². The van der Waals surface area contributed by atoms with Gasteiger partial charge in [0.2, 0.25) is 5.91 Å². The van der Waals surface area contributed by atoms with Crippen molar-refractivity contribution in [3.63, 3.8) is 0 Å². The van der Waals surface area contributed by atoms with Crippen LogP contribution >= 0.6 is 0 Å². The summed E-state index contributed by atoms with van der Waals surface area (Å²) in [6.07, 6.45) is 5.31. The van der Waals surface area contributed by atoms with Crippen molar-refractivity contribution in [1.82, 2.24) is 5.32 Å². The van der Waals surface area contributed by atoms with Gasteiger partial charge in [0.25, 0.3) is 0 Å². The molecule has 1 atom stereocenters. The molecular formula is C17H26N2O. The van der Waals surface area contributed by atoms with Gasteiger partial charge < -0.3 is 11.1 Å². The fourth-order valence-electron chi connectivity index (χ4n) is 3.25. The fraction of sp³-hybridized carbons (Fsp3) is 0.588. The molecule has 0 bridgehead atoms. The van der Waals surface area contributed by atoms with E-state index in [1.807, 2.05) is 19.1 Å². The van der Waals surface area contributed by atoms with Crippen molar-refractivity contribution in [2.75, 3.05) is 6.54 Å². The number of aryl methyl sites for hydroxylation is 1. The molecule has 0 radical (unpaired) electrons. The first-order valence-corrected chi connectivity index (χ1v) is 7.66. The summed E-state index contributed by atoms with van der Waals surface area (Å²) in [5.41, 5.74) is 7.98. The normalized spacial score (nSPS) is 19.4. The van der Waals surface area contributed by atoms with Gasteiger partial charge in [-0.1, -0.05) is 43.5 Å². The summed E-state index contributed by atoms with van der Waals surface area (Å²) in [5.74, 6) is 0.135. The van der Waals surface area contributed by atoms with Crippen molar-refractivity contribution >= 4 is 5.91 Å². The topological polar surface area (TPSA) is 55.1 Å². The SMILES string of the molecule is Cc1ccccc1[C@@H](C)NC(=O)C1(CN)CCCCC1. The maximum atomic E-state index is 12.7. The quantitative estimate of drug-likeness (QED) is 0.886. The lowest BCUT2D eigenvalue weighted by Crippen LogP contribution is -2.47. The molecule has 1 fully saturated rings. The van der Waals surface area contributed by atoms with Crippen LogP contribution in [0.1, 0.15) is 56.2 Å². The fourth-order valence-corrected chi connectivity index (χ4v) is 3.25. The van der Waals surface area contributed by atoms with Gasteiger partial charge in [-0.15, -0.1) is 0 Å². The lowest BCUT2D eigenvalue weighted by Gasteiger charge is -2.35. The molecule has 1 amide bonds. The third-order valence-corrected chi connectivity index (χ3v) is 4.69. The highest BCUT2D eigenvalue weighted by Crippen LogP contribution is 2.36. The average molecular weight is 274 g/mol.